The molecule has 2 heterocycles. The second-order valence-corrected chi connectivity index (χ2v) is 8.95. The number of rotatable bonds is 6. The number of anilines is 2. The summed E-state index contributed by atoms with van der Waals surface area (Å²) in [6.07, 6.45) is 1.09. The summed E-state index contributed by atoms with van der Waals surface area (Å²) in [5.74, 6) is -3.68. The summed E-state index contributed by atoms with van der Waals surface area (Å²) in [7, 11) is 2.40. The van der Waals surface area contributed by atoms with Crippen molar-refractivity contribution >= 4 is 29.3 Å². The minimum absolute atomic E-state index is 0.00979. The van der Waals surface area contributed by atoms with Crippen LogP contribution in [0.5, 0.6) is 0 Å². The summed E-state index contributed by atoms with van der Waals surface area (Å²) in [6, 6.07) is 18.0. The Morgan fingerprint density at radius 2 is 1.53 bits per heavy atom. The topological polar surface area (TPSA) is 146 Å². The summed E-state index contributed by atoms with van der Waals surface area (Å²) in [6.45, 7) is 1.19. The van der Waals surface area contributed by atoms with Gasteiger partial charge in [-0.1, -0.05) is 30.3 Å². The Morgan fingerprint density at radius 1 is 0.947 bits per heavy atom. The van der Waals surface area contributed by atoms with Gasteiger partial charge in [-0.15, -0.1) is 0 Å². The first-order valence-electron chi connectivity index (χ1n) is 12.1. The lowest BCUT2D eigenvalue weighted by molar-refractivity contribution is -0.142. The molecule has 1 saturated heterocycles. The third-order valence-corrected chi connectivity index (χ3v) is 6.93. The van der Waals surface area contributed by atoms with E-state index in [1.54, 1.807) is 42.5 Å². The molecule has 2 aliphatic rings. The second-order valence-electron chi connectivity index (χ2n) is 8.95. The molecule has 2 aromatic carbocycles. The normalized spacial score (nSPS) is 18.2. The van der Waals surface area contributed by atoms with E-state index in [1.807, 2.05) is 12.1 Å². The number of carbonyl (C=O) groups excluding carboxylic acids is 2. The number of nitrogens with two attached hydrogens (primary N) is 1. The minimum Gasteiger partial charge on any atom is -0.481 e. The summed E-state index contributed by atoms with van der Waals surface area (Å²) in [4.78, 5) is 41.0. The van der Waals surface area contributed by atoms with Crippen LogP contribution in [0.4, 0.5) is 11.4 Å². The van der Waals surface area contributed by atoms with Crippen LogP contribution < -0.4 is 15.5 Å². The first-order chi connectivity index (χ1) is 18.3. The SMILES string of the molecule is COC(=O)C1=C(C(=O)OC)N(c2ccc(N3CCC(C(=O)O)CC3)cc2)C(N)=C(C#N)C1c1ccccc1. The summed E-state index contributed by atoms with van der Waals surface area (Å²) in [5, 5.41) is 19.4. The van der Waals surface area contributed by atoms with Gasteiger partial charge >= 0.3 is 17.9 Å². The molecule has 38 heavy (non-hydrogen) atoms. The molecular weight excluding hydrogens is 488 g/mol. The van der Waals surface area contributed by atoms with E-state index in [-0.39, 0.29) is 28.6 Å². The number of nitriles is 1. The van der Waals surface area contributed by atoms with Crippen LogP contribution in [-0.2, 0) is 23.9 Å². The molecule has 0 bridgehead atoms. The number of esters is 2. The molecule has 4 rings (SSSR count). The van der Waals surface area contributed by atoms with E-state index in [0.29, 0.717) is 37.2 Å². The van der Waals surface area contributed by atoms with Crippen LogP contribution in [-0.4, -0.2) is 50.3 Å². The molecule has 0 amide bonds. The number of piperidine rings is 1. The maximum atomic E-state index is 13.2. The Balaban J connectivity index is 1.81. The molecule has 2 aliphatic heterocycles. The fraction of sp³-hybridized carbons (Fsp3) is 0.286. The maximum Gasteiger partial charge on any atom is 0.355 e. The van der Waals surface area contributed by atoms with Gasteiger partial charge in [0.25, 0.3) is 0 Å². The standard InChI is InChI=1S/C28H28N4O6/c1-37-27(35)23-22(17-6-4-3-5-7-17)21(16-29)25(30)32(24(23)28(36)38-2)20-10-8-19(9-11-20)31-14-12-18(13-15-31)26(33)34/h3-11,18,22H,12-15,30H2,1-2H3,(H,33,34). The van der Waals surface area contributed by atoms with Crippen molar-refractivity contribution in [2.24, 2.45) is 11.7 Å². The molecule has 0 spiro atoms. The Labute approximate surface area is 220 Å². The van der Waals surface area contributed by atoms with E-state index < -0.39 is 23.8 Å². The van der Waals surface area contributed by atoms with Gasteiger partial charge in [-0.25, -0.2) is 9.59 Å². The zero-order valence-corrected chi connectivity index (χ0v) is 21.1. The molecule has 10 heteroatoms. The Hall–Kier alpha value is -4.78. The van der Waals surface area contributed by atoms with Crippen molar-refractivity contribution < 1.29 is 29.0 Å². The van der Waals surface area contributed by atoms with Crippen molar-refractivity contribution in [3.63, 3.8) is 0 Å². The number of hydrogen-bond donors (Lipinski definition) is 2. The fourth-order valence-corrected chi connectivity index (χ4v) is 4.98. The number of benzene rings is 2. The summed E-state index contributed by atoms with van der Waals surface area (Å²) in [5.41, 5.74) is 8.32. The molecule has 0 aromatic heterocycles. The second kappa shape index (κ2) is 11.1. The molecule has 196 valence electrons. The molecule has 3 N–H and O–H groups in total. The number of hydrogen-bond acceptors (Lipinski definition) is 9. The van der Waals surface area contributed by atoms with Crippen LogP contribution in [0.2, 0.25) is 0 Å². The number of ether oxygens (including phenoxy) is 2. The van der Waals surface area contributed by atoms with Crippen LogP contribution in [0.1, 0.15) is 24.3 Å². The highest BCUT2D eigenvalue weighted by atomic mass is 16.5. The maximum absolute atomic E-state index is 13.2. The average Bonchev–Trinajstić information content (AvgIpc) is 2.96. The monoisotopic (exact) mass is 516 g/mol. The number of methoxy groups -OCH3 is 2. The molecule has 1 atom stereocenters. The minimum atomic E-state index is -0.936. The van der Waals surface area contributed by atoms with Crippen molar-refractivity contribution in [1.82, 2.24) is 0 Å². The number of carboxylic acid groups (broad SMARTS) is 1. The van der Waals surface area contributed by atoms with Crippen LogP contribution in [0.25, 0.3) is 0 Å². The lowest BCUT2D eigenvalue weighted by Gasteiger charge is -2.36. The highest BCUT2D eigenvalue weighted by Crippen LogP contribution is 2.43. The molecule has 1 unspecified atom stereocenters. The van der Waals surface area contributed by atoms with E-state index in [2.05, 4.69) is 11.0 Å². The first kappa shape index (κ1) is 26.3. The Kier molecular flexibility index (Phi) is 7.67. The largest absolute Gasteiger partial charge is 0.481 e. The van der Waals surface area contributed by atoms with Gasteiger partial charge in [-0.2, -0.15) is 5.26 Å². The van der Waals surface area contributed by atoms with Gasteiger partial charge in [0.2, 0.25) is 0 Å². The Bertz CT molecular complexity index is 1340. The zero-order chi connectivity index (χ0) is 27.4. The molecule has 1 fully saturated rings. The van der Waals surface area contributed by atoms with E-state index in [1.165, 1.54) is 19.1 Å². The molecule has 10 nitrogen and oxygen atoms in total. The smallest absolute Gasteiger partial charge is 0.355 e. The van der Waals surface area contributed by atoms with Gasteiger partial charge in [-0.3, -0.25) is 9.69 Å². The van der Waals surface area contributed by atoms with Gasteiger partial charge in [0, 0.05) is 24.5 Å². The summed E-state index contributed by atoms with van der Waals surface area (Å²) >= 11 is 0. The predicted molar refractivity (Wildman–Crippen MR) is 139 cm³/mol. The number of allylic oxidation sites excluding steroid dienone is 1. The number of carboxylic acids is 1. The molecule has 0 saturated carbocycles. The third kappa shape index (κ3) is 4.78. The van der Waals surface area contributed by atoms with Crippen LogP contribution >= 0.6 is 0 Å². The van der Waals surface area contributed by atoms with Crippen molar-refractivity contribution in [3.05, 3.63) is 82.8 Å². The zero-order valence-electron chi connectivity index (χ0n) is 21.1. The van der Waals surface area contributed by atoms with E-state index >= 15 is 0 Å². The van der Waals surface area contributed by atoms with Gasteiger partial charge in [0.15, 0.2) is 0 Å². The quantitative estimate of drug-likeness (QED) is 0.550. The van der Waals surface area contributed by atoms with Crippen LogP contribution in [0.3, 0.4) is 0 Å². The highest BCUT2D eigenvalue weighted by Gasteiger charge is 2.43. The van der Waals surface area contributed by atoms with Gasteiger partial charge < -0.3 is 25.2 Å². The lowest BCUT2D eigenvalue weighted by Crippen LogP contribution is -2.40. The highest BCUT2D eigenvalue weighted by molar-refractivity contribution is 6.06. The molecule has 0 aliphatic carbocycles. The fourth-order valence-electron chi connectivity index (χ4n) is 4.98. The summed E-state index contributed by atoms with van der Waals surface area (Å²) < 4.78 is 10.1. The molecule has 0 radical (unpaired) electrons. The van der Waals surface area contributed by atoms with Crippen LogP contribution in [0.15, 0.2) is 77.3 Å². The average molecular weight is 517 g/mol. The number of nitrogens with zero attached hydrogens (tertiary/aromatic N) is 3. The molecular formula is C28H28N4O6. The van der Waals surface area contributed by atoms with Gasteiger partial charge in [0.05, 0.1) is 43.3 Å². The molecule has 2 aromatic rings. The first-order valence-corrected chi connectivity index (χ1v) is 12.1. The van der Waals surface area contributed by atoms with Gasteiger partial charge in [-0.05, 0) is 42.7 Å². The van der Waals surface area contributed by atoms with Gasteiger partial charge in [0.1, 0.15) is 11.5 Å². The van der Waals surface area contributed by atoms with Crippen LogP contribution in [0, 0.1) is 17.2 Å². The predicted octanol–water partition coefficient (Wildman–Crippen LogP) is 2.89. The number of carbonyl (C=O) groups is 3. The van der Waals surface area contributed by atoms with E-state index in [0.717, 1.165) is 5.69 Å². The third-order valence-electron chi connectivity index (χ3n) is 6.93. The van der Waals surface area contributed by atoms with E-state index in [4.69, 9.17) is 15.2 Å². The number of aliphatic carboxylic acids is 1. The Morgan fingerprint density at radius 3 is 2.05 bits per heavy atom. The van der Waals surface area contributed by atoms with Crippen molar-refractivity contribution in [1.29, 1.82) is 5.26 Å². The van der Waals surface area contributed by atoms with Crippen molar-refractivity contribution in [3.8, 4) is 6.07 Å². The lowest BCUT2D eigenvalue weighted by atomic mass is 9.81. The van der Waals surface area contributed by atoms with Crippen molar-refractivity contribution in [2.45, 2.75) is 18.8 Å². The van der Waals surface area contributed by atoms with Crippen molar-refractivity contribution in [2.75, 3.05) is 37.1 Å². The van der Waals surface area contributed by atoms with E-state index in [9.17, 15) is 24.8 Å².